The number of rotatable bonds is 5. The normalized spacial score (nSPS) is 23.5. The monoisotopic (exact) mass is 343 g/mol. The van der Waals surface area contributed by atoms with Crippen molar-refractivity contribution in [1.29, 1.82) is 0 Å². The third kappa shape index (κ3) is 5.09. The Morgan fingerprint density at radius 1 is 1.26 bits per heavy atom. The van der Waals surface area contributed by atoms with E-state index in [-0.39, 0.29) is 0 Å². The Kier molecular flexibility index (Phi) is 6.18. The fraction of sp³-hybridized carbons (Fsp3) is 0.625. The highest BCUT2D eigenvalue weighted by molar-refractivity contribution is 9.10. The third-order valence-electron chi connectivity index (χ3n) is 4.19. The molecule has 0 amide bonds. The smallest absolute Gasteiger partial charge is 0.0451 e. The SMILES string of the molecule is CC1CCC(CCNCc2cc(Br)ccc2Cl)CC1. The van der Waals surface area contributed by atoms with Crippen LogP contribution in [-0.2, 0) is 6.54 Å². The van der Waals surface area contributed by atoms with Gasteiger partial charge in [0.05, 0.1) is 0 Å². The Hall–Kier alpha value is -0.0500. The molecule has 0 radical (unpaired) electrons. The minimum absolute atomic E-state index is 0.849. The number of halogens is 2. The van der Waals surface area contributed by atoms with Crippen molar-refractivity contribution in [1.82, 2.24) is 5.32 Å². The second-order valence-corrected chi connectivity index (χ2v) is 7.15. The Morgan fingerprint density at radius 2 is 2.00 bits per heavy atom. The predicted octanol–water partition coefficient (Wildman–Crippen LogP) is 5.41. The van der Waals surface area contributed by atoms with Gasteiger partial charge < -0.3 is 5.32 Å². The molecule has 0 spiro atoms. The van der Waals surface area contributed by atoms with Gasteiger partial charge in [0, 0.05) is 16.0 Å². The molecule has 1 fully saturated rings. The largest absolute Gasteiger partial charge is 0.313 e. The van der Waals surface area contributed by atoms with Gasteiger partial charge in [-0.2, -0.15) is 0 Å². The quantitative estimate of drug-likeness (QED) is 0.704. The molecule has 1 aliphatic rings. The summed E-state index contributed by atoms with van der Waals surface area (Å²) in [7, 11) is 0. The maximum absolute atomic E-state index is 6.18. The van der Waals surface area contributed by atoms with Crippen molar-refractivity contribution < 1.29 is 0 Å². The van der Waals surface area contributed by atoms with Crippen LogP contribution in [0.4, 0.5) is 0 Å². The van der Waals surface area contributed by atoms with Gasteiger partial charge in [-0.15, -0.1) is 0 Å². The zero-order chi connectivity index (χ0) is 13.7. The summed E-state index contributed by atoms with van der Waals surface area (Å²) in [5, 5.41) is 4.37. The standard InChI is InChI=1S/C16H23BrClN/c1-12-2-4-13(5-3-12)8-9-19-11-14-10-15(17)6-7-16(14)18/h6-7,10,12-13,19H,2-5,8-9,11H2,1H3. The first kappa shape index (κ1) is 15.3. The number of hydrogen-bond acceptors (Lipinski definition) is 1. The van der Waals surface area contributed by atoms with Crippen molar-refractivity contribution in [3.8, 4) is 0 Å². The predicted molar refractivity (Wildman–Crippen MR) is 86.6 cm³/mol. The van der Waals surface area contributed by atoms with Crippen molar-refractivity contribution in [3.05, 3.63) is 33.3 Å². The van der Waals surface area contributed by atoms with Crippen LogP contribution in [0.5, 0.6) is 0 Å². The maximum Gasteiger partial charge on any atom is 0.0451 e. The van der Waals surface area contributed by atoms with Crippen LogP contribution in [0, 0.1) is 11.8 Å². The molecule has 1 N–H and O–H groups in total. The molecule has 0 bridgehead atoms. The van der Waals surface area contributed by atoms with Crippen LogP contribution < -0.4 is 5.32 Å². The summed E-state index contributed by atoms with van der Waals surface area (Å²) >= 11 is 9.67. The lowest BCUT2D eigenvalue weighted by Gasteiger charge is -2.26. The van der Waals surface area contributed by atoms with Crippen LogP contribution in [0.3, 0.4) is 0 Å². The fourth-order valence-corrected chi connectivity index (χ4v) is 3.42. The van der Waals surface area contributed by atoms with Crippen molar-refractivity contribution >= 4 is 27.5 Å². The number of benzene rings is 1. The molecule has 3 heteroatoms. The zero-order valence-corrected chi connectivity index (χ0v) is 13.9. The van der Waals surface area contributed by atoms with Crippen LogP contribution in [0.2, 0.25) is 5.02 Å². The molecule has 0 unspecified atom stereocenters. The minimum atomic E-state index is 0.849. The molecule has 1 aliphatic carbocycles. The van der Waals surface area contributed by atoms with Crippen molar-refractivity contribution in [2.75, 3.05) is 6.54 Å². The Balaban J connectivity index is 1.68. The Labute approximate surface area is 130 Å². The molecule has 0 heterocycles. The van der Waals surface area contributed by atoms with Gasteiger partial charge in [0.2, 0.25) is 0 Å². The summed E-state index contributed by atoms with van der Waals surface area (Å²) in [5.74, 6) is 1.88. The molecule has 1 saturated carbocycles. The van der Waals surface area contributed by atoms with Gasteiger partial charge in [0.1, 0.15) is 0 Å². The lowest BCUT2D eigenvalue weighted by atomic mass is 9.81. The van der Waals surface area contributed by atoms with Gasteiger partial charge in [-0.05, 0) is 48.6 Å². The van der Waals surface area contributed by atoms with E-state index >= 15 is 0 Å². The first-order chi connectivity index (χ1) is 9.15. The van der Waals surface area contributed by atoms with E-state index in [1.165, 1.54) is 37.7 Å². The summed E-state index contributed by atoms with van der Waals surface area (Å²) in [6.07, 6.45) is 6.98. The van der Waals surface area contributed by atoms with Crippen LogP contribution in [-0.4, -0.2) is 6.54 Å². The van der Waals surface area contributed by atoms with E-state index in [1.54, 1.807) is 0 Å². The van der Waals surface area contributed by atoms with Crippen LogP contribution in [0.25, 0.3) is 0 Å². The molecule has 1 aromatic rings. The fourth-order valence-electron chi connectivity index (χ4n) is 2.83. The van der Waals surface area contributed by atoms with Crippen LogP contribution in [0.15, 0.2) is 22.7 Å². The second-order valence-electron chi connectivity index (χ2n) is 5.83. The molecule has 106 valence electrons. The first-order valence-corrected chi connectivity index (χ1v) is 8.47. The molecule has 0 atom stereocenters. The summed E-state index contributed by atoms with van der Waals surface area (Å²) < 4.78 is 1.09. The summed E-state index contributed by atoms with van der Waals surface area (Å²) in [6, 6.07) is 6.03. The third-order valence-corrected chi connectivity index (χ3v) is 5.05. The van der Waals surface area contributed by atoms with Crippen molar-refractivity contribution in [2.45, 2.75) is 45.6 Å². The minimum Gasteiger partial charge on any atom is -0.313 e. The molecular formula is C16H23BrClN. The lowest BCUT2D eigenvalue weighted by molar-refractivity contribution is 0.275. The molecule has 2 rings (SSSR count). The number of nitrogens with one attached hydrogen (secondary N) is 1. The molecule has 1 nitrogen and oxygen atoms in total. The highest BCUT2D eigenvalue weighted by atomic mass is 79.9. The van der Waals surface area contributed by atoms with E-state index in [4.69, 9.17) is 11.6 Å². The summed E-state index contributed by atoms with van der Waals surface area (Å²) in [5.41, 5.74) is 1.17. The molecule has 19 heavy (non-hydrogen) atoms. The van der Waals surface area contributed by atoms with Gasteiger partial charge >= 0.3 is 0 Å². The Morgan fingerprint density at radius 3 is 2.74 bits per heavy atom. The van der Waals surface area contributed by atoms with Crippen molar-refractivity contribution in [2.24, 2.45) is 11.8 Å². The van der Waals surface area contributed by atoms with Gasteiger partial charge in [-0.25, -0.2) is 0 Å². The highest BCUT2D eigenvalue weighted by Gasteiger charge is 2.17. The summed E-state index contributed by atoms with van der Waals surface area (Å²) in [4.78, 5) is 0. The zero-order valence-electron chi connectivity index (χ0n) is 11.6. The van der Waals surface area contributed by atoms with E-state index in [0.717, 1.165) is 34.4 Å². The van der Waals surface area contributed by atoms with Crippen molar-refractivity contribution in [3.63, 3.8) is 0 Å². The second kappa shape index (κ2) is 7.66. The molecule has 0 aromatic heterocycles. The first-order valence-electron chi connectivity index (χ1n) is 7.30. The molecule has 0 saturated heterocycles. The highest BCUT2D eigenvalue weighted by Crippen LogP contribution is 2.30. The van der Waals surface area contributed by atoms with E-state index in [9.17, 15) is 0 Å². The van der Waals surface area contributed by atoms with Crippen LogP contribution >= 0.6 is 27.5 Å². The Bertz CT molecular complexity index is 400. The topological polar surface area (TPSA) is 12.0 Å². The maximum atomic E-state index is 6.18. The summed E-state index contributed by atoms with van der Waals surface area (Å²) in [6.45, 7) is 4.34. The van der Waals surface area contributed by atoms with Crippen LogP contribution in [0.1, 0.15) is 44.6 Å². The lowest BCUT2D eigenvalue weighted by Crippen LogP contribution is -2.20. The molecule has 0 aliphatic heterocycles. The van der Waals surface area contributed by atoms with Gasteiger partial charge in [0.25, 0.3) is 0 Å². The van der Waals surface area contributed by atoms with E-state index < -0.39 is 0 Å². The van der Waals surface area contributed by atoms with Gasteiger partial charge in [0.15, 0.2) is 0 Å². The van der Waals surface area contributed by atoms with E-state index in [1.807, 2.05) is 12.1 Å². The average molecular weight is 345 g/mol. The molecular weight excluding hydrogens is 322 g/mol. The van der Waals surface area contributed by atoms with E-state index in [0.29, 0.717) is 0 Å². The number of hydrogen-bond donors (Lipinski definition) is 1. The average Bonchev–Trinajstić information content (AvgIpc) is 2.40. The molecule has 1 aromatic carbocycles. The van der Waals surface area contributed by atoms with Gasteiger partial charge in [-0.1, -0.05) is 60.1 Å². The van der Waals surface area contributed by atoms with Gasteiger partial charge in [-0.3, -0.25) is 0 Å². The van der Waals surface area contributed by atoms with E-state index in [2.05, 4.69) is 34.2 Å².